The second kappa shape index (κ2) is 7.42. The van der Waals surface area contributed by atoms with Crippen LogP contribution >= 0.6 is 0 Å². The first-order valence-electron chi connectivity index (χ1n) is 7.71. The number of furan rings is 1. The molecule has 1 heterocycles. The lowest BCUT2D eigenvalue weighted by Crippen LogP contribution is -2.36. The molecule has 2 aromatic rings. The summed E-state index contributed by atoms with van der Waals surface area (Å²) in [6, 6.07) is 8.39. The van der Waals surface area contributed by atoms with E-state index in [1.54, 1.807) is 6.07 Å². The summed E-state index contributed by atoms with van der Waals surface area (Å²) in [6.07, 6.45) is 0.859. The van der Waals surface area contributed by atoms with Crippen LogP contribution in [0.25, 0.3) is 11.3 Å². The summed E-state index contributed by atoms with van der Waals surface area (Å²) >= 11 is 0. The van der Waals surface area contributed by atoms with E-state index in [9.17, 15) is 9.18 Å². The quantitative estimate of drug-likeness (QED) is 0.835. The summed E-state index contributed by atoms with van der Waals surface area (Å²) in [7, 11) is 0. The Balaban J connectivity index is 2.18. The van der Waals surface area contributed by atoms with Gasteiger partial charge in [0.15, 0.2) is 0 Å². The maximum atomic E-state index is 13.2. The number of rotatable bonds is 7. The van der Waals surface area contributed by atoms with Crippen LogP contribution in [0.2, 0.25) is 0 Å². The van der Waals surface area contributed by atoms with Crippen LogP contribution in [0, 0.1) is 12.7 Å². The van der Waals surface area contributed by atoms with E-state index in [0.717, 1.165) is 17.5 Å². The molecule has 4 nitrogen and oxygen atoms in total. The van der Waals surface area contributed by atoms with E-state index in [-0.39, 0.29) is 18.4 Å². The maximum absolute atomic E-state index is 13.2. The van der Waals surface area contributed by atoms with Crippen LogP contribution in [0.1, 0.15) is 31.6 Å². The minimum Gasteiger partial charge on any atom is -0.480 e. The molecule has 0 bridgehead atoms. The summed E-state index contributed by atoms with van der Waals surface area (Å²) in [5, 5.41) is 9.04. The lowest BCUT2D eigenvalue weighted by atomic mass is 10.1. The third kappa shape index (κ3) is 4.42. The van der Waals surface area contributed by atoms with Gasteiger partial charge < -0.3 is 9.52 Å². The first kappa shape index (κ1) is 17.2. The number of carboxylic acid groups (broad SMARTS) is 1. The van der Waals surface area contributed by atoms with Gasteiger partial charge in [-0.3, -0.25) is 9.69 Å². The topological polar surface area (TPSA) is 53.7 Å². The molecule has 0 fully saturated rings. The van der Waals surface area contributed by atoms with Gasteiger partial charge in [-0.2, -0.15) is 0 Å². The van der Waals surface area contributed by atoms with Crippen LogP contribution in [-0.2, 0) is 11.3 Å². The van der Waals surface area contributed by atoms with Crippen LogP contribution in [0.3, 0.4) is 0 Å². The lowest BCUT2D eigenvalue weighted by molar-refractivity contribution is -0.139. The molecule has 0 aliphatic carbocycles. The largest absolute Gasteiger partial charge is 0.480 e. The minimum atomic E-state index is -0.855. The van der Waals surface area contributed by atoms with Gasteiger partial charge in [0.05, 0.1) is 13.1 Å². The molecule has 124 valence electrons. The molecule has 0 aliphatic rings. The Kier molecular flexibility index (Phi) is 5.55. The smallest absolute Gasteiger partial charge is 0.317 e. The van der Waals surface area contributed by atoms with Crippen LogP contribution in [0.5, 0.6) is 0 Å². The van der Waals surface area contributed by atoms with Crippen molar-refractivity contribution in [2.45, 2.75) is 39.8 Å². The van der Waals surface area contributed by atoms with Crippen molar-refractivity contribution in [3.05, 3.63) is 47.5 Å². The number of halogens is 1. The van der Waals surface area contributed by atoms with E-state index in [0.29, 0.717) is 18.1 Å². The van der Waals surface area contributed by atoms with E-state index >= 15 is 0 Å². The summed E-state index contributed by atoms with van der Waals surface area (Å²) in [4.78, 5) is 12.9. The summed E-state index contributed by atoms with van der Waals surface area (Å²) < 4.78 is 19.0. The molecule has 0 amide bonds. The van der Waals surface area contributed by atoms with Crippen LogP contribution in [0.4, 0.5) is 4.39 Å². The number of carboxylic acids is 1. The summed E-state index contributed by atoms with van der Waals surface area (Å²) in [5.74, 6) is 0.232. The Morgan fingerprint density at radius 2 is 2.09 bits per heavy atom. The molecular weight excluding hydrogens is 297 g/mol. The molecule has 1 atom stereocenters. The van der Waals surface area contributed by atoms with E-state index < -0.39 is 5.97 Å². The molecule has 1 aromatic heterocycles. The third-order valence-electron chi connectivity index (χ3n) is 4.03. The normalized spacial score (nSPS) is 12.6. The number of benzene rings is 1. The fourth-order valence-corrected chi connectivity index (χ4v) is 2.51. The first-order chi connectivity index (χ1) is 10.9. The molecule has 2 rings (SSSR count). The average molecular weight is 319 g/mol. The van der Waals surface area contributed by atoms with Gasteiger partial charge in [0.1, 0.15) is 17.3 Å². The van der Waals surface area contributed by atoms with Gasteiger partial charge in [0.25, 0.3) is 0 Å². The zero-order valence-corrected chi connectivity index (χ0v) is 13.7. The molecule has 0 spiro atoms. The average Bonchev–Trinajstić information content (AvgIpc) is 2.93. The van der Waals surface area contributed by atoms with Crippen molar-refractivity contribution in [3.8, 4) is 11.3 Å². The first-order valence-corrected chi connectivity index (χ1v) is 7.71. The molecular formula is C18H22FNO3. The maximum Gasteiger partial charge on any atom is 0.317 e. The number of aliphatic carboxylic acids is 1. The predicted molar refractivity (Wildman–Crippen MR) is 86.6 cm³/mol. The molecule has 23 heavy (non-hydrogen) atoms. The number of nitrogens with zero attached hydrogens (tertiary/aromatic N) is 1. The Labute approximate surface area is 135 Å². The second-order valence-electron chi connectivity index (χ2n) is 5.78. The highest BCUT2D eigenvalue weighted by Gasteiger charge is 2.18. The fraction of sp³-hybridized carbons (Fsp3) is 0.389. The minimum absolute atomic E-state index is 0.0272. The van der Waals surface area contributed by atoms with Crippen LogP contribution < -0.4 is 0 Å². The highest BCUT2D eigenvalue weighted by Crippen LogP contribution is 2.27. The van der Waals surface area contributed by atoms with Gasteiger partial charge in [-0.1, -0.05) is 6.92 Å². The Bertz CT molecular complexity index is 681. The molecule has 5 heteroatoms. The summed E-state index contributed by atoms with van der Waals surface area (Å²) in [5.41, 5.74) is 1.64. The Morgan fingerprint density at radius 1 is 1.35 bits per heavy atom. The van der Waals surface area contributed by atoms with Crippen LogP contribution in [-0.4, -0.2) is 28.6 Å². The molecule has 0 saturated heterocycles. The van der Waals surface area contributed by atoms with Crippen molar-refractivity contribution in [1.29, 1.82) is 0 Å². The van der Waals surface area contributed by atoms with Crippen molar-refractivity contribution in [3.63, 3.8) is 0 Å². The van der Waals surface area contributed by atoms with Gasteiger partial charge in [0.2, 0.25) is 0 Å². The van der Waals surface area contributed by atoms with E-state index in [1.165, 1.54) is 12.1 Å². The van der Waals surface area contributed by atoms with Gasteiger partial charge >= 0.3 is 5.97 Å². The SMILES string of the molecule is CCC(C)N(CC(=O)O)Cc1ccc(-c2ccc(F)cc2C)o1. The fourth-order valence-electron chi connectivity index (χ4n) is 2.51. The number of carbonyl (C=O) groups is 1. The zero-order chi connectivity index (χ0) is 17.0. The van der Waals surface area contributed by atoms with Crippen molar-refractivity contribution in [1.82, 2.24) is 4.90 Å². The monoisotopic (exact) mass is 319 g/mol. The molecule has 0 saturated carbocycles. The van der Waals surface area contributed by atoms with Gasteiger partial charge in [0, 0.05) is 11.6 Å². The summed E-state index contributed by atoms with van der Waals surface area (Å²) in [6.45, 7) is 6.25. The van der Waals surface area contributed by atoms with E-state index in [1.807, 2.05) is 37.8 Å². The van der Waals surface area contributed by atoms with Crippen molar-refractivity contribution < 1.29 is 18.7 Å². The molecule has 0 radical (unpaired) electrons. The lowest BCUT2D eigenvalue weighted by Gasteiger charge is -2.25. The molecule has 1 unspecified atom stereocenters. The predicted octanol–water partition coefficient (Wildman–Crippen LogP) is 4.08. The van der Waals surface area contributed by atoms with Gasteiger partial charge in [-0.15, -0.1) is 0 Å². The molecule has 1 N–H and O–H groups in total. The number of hydrogen-bond donors (Lipinski definition) is 1. The van der Waals surface area contributed by atoms with Crippen molar-refractivity contribution >= 4 is 5.97 Å². The third-order valence-corrected chi connectivity index (χ3v) is 4.03. The van der Waals surface area contributed by atoms with E-state index in [4.69, 9.17) is 9.52 Å². The number of hydrogen-bond acceptors (Lipinski definition) is 3. The highest BCUT2D eigenvalue weighted by molar-refractivity contribution is 5.69. The number of aryl methyl sites for hydroxylation is 1. The van der Waals surface area contributed by atoms with Gasteiger partial charge in [-0.25, -0.2) is 4.39 Å². The van der Waals surface area contributed by atoms with Crippen molar-refractivity contribution in [2.75, 3.05) is 6.54 Å². The Morgan fingerprint density at radius 3 is 2.70 bits per heavy atom. The highest BCUT2D eigenvalue weighted by atomic mass is 19.1. The van der Waals surface area contributed by atoms with Crippen LogP contribution in [0.15, 0.2) is 34.7 Å². The van der Waals surface area contributed by atoms with Crippen molar-refractivity contribution in [2.24, 2.45) is 0 Å². The van der Waals surface area contributed by atoms with Gasteiger partial charge in [-0.05, 0) is 56.2 Å². The van der Waals surface area contributed by atoms with E-state index in [2.05, 4.69) is 0 Å². The molecule has 0 aliphatic heterocycles. The second-order valence-corrected chi connectivity index (χ2v) is 5.78. The molecule has 1 aromatic carbocycles. The standard InChI is InChI=1S/C18H22FNO3/c1-4-13(3)20(11-18(21)22)10-15-6-8-17(23-15)16-7-5-14(19)9-12(16)2/h5-9,13H,4,10-11H2,1-3H3,(H,21,22). The zero-order valence-electron chi connectivity index (χ0n) is 13.7. The Hall–Kier alpha value is -2.14.